The van der Waals surface area contributed by atoms with Crippen molar-refractivity contribution in [3.05, 3.63) is 27.1 Å². The van der Waals surface area contributed by atoms with Crippen molar-refractivity contribution in [2.24, 2.45) is 0 Å². The summed E-state index contributed by atoms with van der Waals surface area (Å²) in [4.78, 5) is 47.0. The van der Waals surface area contributed by atoms with E-state index in [2.05, 4.69) is 20.7 Å². The summed E-state index contributed by atoms with van der Waals surface area (Å²) in [6.07, 6.45) is 1.45. The van der Waals surface area contributed by atoms with Crippen molar-refractivity contribution in [1.82, 2.24) is 4.90 Å². The third-order valence-electron chi connectivity index (χ3n) is 3.36. The van der Waals surface area contributed by atoms with Gasteiger partial charge in [-0.05, 0) is 58.4 Å². The Hall–Kier alpha value is -2.53. The van der Waals surface area contributed by atoms with Crippen LogP contribution in [0.15, 0.2) is 21.5 Å². The number of carboxylic acid groups (broad SMARTS) is 1. The second-order valence-electron chi connectivity index (χ2n) is 5.29. The molecule has 11 heteroatoms. The highest BCUT2D eigenvalue weighted by Crippen LogP contribution is 2.39. The molecule has 1 aliphatic rings. The lowest BCUT2D eigenvalue weighted by Crippen LogP contribution is -2.33. The fraction of sp³-hybridized carbons (Fsp3) is 0.294. The molecule has 1 aromatic rings. The van der Waals surface area contributed by atoms with Gasteiger partial charge in [0.25, 0.3) is 11.1 Å². The van der Waals surface area contributed by atoms with E-state index in [0.717, 1.165) is 0 Å². The molecule has 150 valence electrons. The maximum absolute atomic E-state index is 12.3. The normalized spacial score (nSPS) is 15.1. The van der Waals surface area contributed by atoms with E-state index >= 15 is 0 Å². The van der Waals surface area contributed by atoms with Crippen LogP contribution < -0.4 is 9.47 Å². The molecule has 0 aromatic heterocycles. The zero-order valence-corrected chi connectivity index (χ0v) is 17.3. The van der Waals surface area contributed by atoms with Crippen molar-refractivity contribution in [3.8, 4) is 11.5 Å². The summed E-state index contributed by atoms with van der Waals surface area (Å²) < 4.78 is 15.9. The van der Waals surface area contributed by atoms with Crippen LogP contribution >= 0.6 is 27.7 Å². The second-order valence-corrected chi connectivity index (χ2v) is 7.14. The van der Waals surface area contributed by atoms with Gasteiger partial charge in [0.15, 0.2) is 18.1 Å². The van der Waals surface area contributed by atoms with Crippen LogP contribution in [0.2, 0.25) is 0 Å². The van der Waals surface area contributed by atoms with E-state index in [9.17, 15) is 19.2 Å². The molecule has 2 amide bonds. The summed E-state index contributed by atoms with van der Waals surface area (Å²) in [5.41, 5.74) is 0.515. The predicted molar refractivity (Wildman–Crippen MR) is 103 cm³/mol. The number of amides is 2. The number of thioether (sulfide) groups is 1. The van der Waals surface area contributed by atoms with Crippen LogP contribution in [0.4, 0.5) is 4.79 Å². The number of nitrogens with zero attached hydrogens (tertiary/aromatic N) is 1. The fourth-order valence-corrected chi connectivity index (χ4v) is 3.60. The summed E-state index contributed by atoms with van der Waals surface area (Å²) >= 11 is 3.98. The maximum atomic E-state index is 12.3. The van der Waals surface area contributed by atoms with E-state index in [1.807, 2.05) is 0 Å². The average Bonchev–Trinajstić information content (AvgIpc) is 2.88. The molecule has 1 aliphatic heterocycles. The van der Waals surface area contributed by atoms with E-state index in [1.165, 1.54) is 13.2 Å². The Balaban J connectivity index is 2.32. The van der Waals surface area contributed by atoms with E-state index in [4.69, 9.17) is 14.6 Å². The number of carboxylic acids is 1. The predicted octanol–water partition coefficient (Wildman–Crippen LogP) is 2.52. The van der Waals surface area contributed by atoms with Crippen LogP contribution in [-0.4, -0.2) is 60.0 Å². The molecule has 0 atom stereocenters. The highest BCUT2D eigenvalue weighted by molar-refractivity contribution is 9.10. The Morgan fingerprint density at radius 2 is 2.00 bits per heavy atom. The lowest BCUT2D eigenvalue weighted by Gasteiger charge is -2.14. The zero-order chi connectivity index (χ0) is 20.8. The maximum Gasteiger partial charge on any atom is 0.343 e. The van der Waals surface area contributed by atoms with Crippen LogP contribution in [-0.2, 0) is 19.1 Å². The summed E-state index contributed by atoms with van der Waals surface area (Å²) in [6.45, 7) is 1.07. The first-order valence-corrected chi connectivity index (χ1v) is 9.50. The van der Waals surface area contributed by atoms with E-state index < -0.39 is 29.6 Å². The van der Waals surface area contributed by atoms with E-state index in [-0.39, 0.29) is 17.3 Å². The molecule has 0 radical (unpaired) electrons. The SMILES string of the molecule is CCOc1cc(/C=C2/SC(=O)N(CC(=O)O)C2=O)cc(Br)c1OCC(=O)OC. The summed E-state index contributed by atoms with van der Waals surface area (Å²) in [5.74, 6) is -1.93. The minimum atomic E-state index is -1.28. The van der Waals surface area contributed by atoms with Gasteiger partial charge < -0.3 is 19.3 Å². The number of esters is 1. The number of aliphatic carboxylic acids is 1. The number of methoxy groups -OCH3 is 1. The minimum absolute atomic E-state index is 0.0869. The number of imide groups is 1. The summed E-state index contributed by atoms with van der Waals surface area (Å²) in [7, 11) is 1.24. The Morgan fingerprint density at radius 1 is 1.29 bits per heavy atom. The largest absolute Gasteiger partial charge is 0.490 e. The number of carbonyl (C=O) groups is 4. The quantitative estimate of drug-likeness (QED) is 0.448. The molecule has 28 heavy (non-hydrogen) atoms. The molecular weight excluding hydrogens is 458 g/mol. The van der Waals surface area contributed by atoms with E-state index in [1.54, 1.807) is 19.1 Å². The molecule has 1 fully saturated rings. The van der Waals surface area contributed by atoms with Gasteiger partial charge in [0.05, 0.1) is 23.1 Å². The number of benzene rings is 1. The molecule has 1 heterocycles. The first-order valence-electron chi connectivity index (χ1n) is 7.90. The summed E-state index contributed by atoms with van der Waals surface area (Å²) in [5, 5.41) is 8.16. The fourth-order valence-electron chi connectivity index (χ4n) is 2.19. The molecule has 0 saturated carbocycles. The smallest absolute Gasteiger partial charge is 0.343 e. The van der Waals surface area contributed by atoms with Gasteiger partial charge in [0.1, 0.15) is 6.54 Å². The third kappa shape index (κ3) is 5.26. The van der Waals surface area contributed by atoms with Crippen LogP contribution in [0.5, 0.6) is 11.5 Å². The first kappa shape index (κ1) is 21.8. The van der Waals surface area contributed by atoms with Crippen molar-refractivity contribution in [2.75, 3.05) is 26.9 Å². The number of hydrogen-bond acceptors (Lipinski definition) is 8. The Kier molecular flexibility index (Phi) is 7.46. The van der Waals surface area contributed by atoms with Crippen LogP contribution in [0.3, 0.4) is 0 Å². The second kappa shape index (κ2) is 9.60. The lowest BCUT2D eigenvalue weighted by atomic mass is 10.2. The van der Waals surface area contributed by atoms with Gasteiger partial charge in [0.2, 0.25) is 0 Å². The number of carbonyl (C=O) groups excluding carboxylic acids is 3. The van der Waals surface area contributed by atoms with Gasteiger partial charge in [-0.2, -0.15) is 0 Å². The Bertz CT molecular complexity index is 854. The summed E-state index contributed by atoms with van der Waals surface area (Å²) in [6, 6.07) is 3.19. The van der Waals surface area contributed by atoms with Crippen LogP contribution in [0, 0.1) is 0 Å². The van der Waals surface area contributed by atoms with Crippen LogP contribution in [0.25, 0.3) is 6.08 Å². The van der Waals surface area contributed by atoms with Crippen molar-refractivity contribution in [1.29, 1.82) is 0 Å². The molecule has 0 bridgehead atoms. The Labute approximate surface area is 172 Å². The Morgan fingerprint density at radius 3 is 2.61 bits per heavy atom. The molecule has 1 aromatic carbocycles. The molecule has 0 unspecified atom stereocenters. The molecular formula is C17H16BrNO8S. The van der Waals surface area contributed by atoms with Crippen molar-refractivity contribution in [2.45, 2.75) is 6.92 Å². The van der Waals surface area contributed by atoms with E-state index in [0.29, 0.717) is 39.1 Å². The van der Waals surface area contributed by atoms with Crippen LogP contribution in [0.1, 0.15) is 12.5 Å². The van der Waals surface area contributed by atoms with Gasteiger partial charge >= 0.3 is 11.9 Å². The molecule has 9 nitrogen and oxygen atoms in total. The van der Waals surface area contributed by atoms with Gasteiger partial charge in [0, 0.05) is 0 Å². The number of ether oxygens (including phenoxy) is 3. The highest BCUT2D eigenvalue weighted by atomic mass is 79.9. The number of rotatable bonds is 8. The van der Waals surface area contributed by atoms with Crippen molar-refractivity contribution < 1.29 is 38.5 Å². The van der Waals surface area contributed by atoms with Crippen molar-refractivity contribution >= 4 is 56.9 Å². The minimum Gasteiger partial charge on any atom is -0.490 e. The first-order chi connectivity index (χ1) is 13.3. The van der Waals surface area contributed by atoms with Gasteiger partial charge in [-0.25, -0.2) is 4.79 Å². The molecule has 1 saturated heterocycles. The highest BCUT2D eigenvalue weighted by Gasteiger charge is 2.36. The monoisotopic (exact) mass is 473 g/mol. The van der Waals surface area contributed by atoms with Gasteiger partial charge in [-0.1, -0.05) is 0 Å². The number of halogens is 1. The standard InChI is InChI=1S/C17H16BrNO8S/c1-3-26-11-5-9(4-10(18)15(11)27-8-14(22)25-2)6-12-16(23)19(7-13(20)21)17(24)28-12/h4-6H,3,7-8H2,1-2H3,(H,20,21)/b12-6+. The van der Waals surface area contributed by atoms with Gasteiger partial charge in [-0.15, -0.1) is 0 Å². The average molecular weight is 474 g/mol. The molecule has 0 aliphatic carbocycles. The zero-order valence-electron chi connectivity index (χ0n) is 14.9. The van der Waals surface area contributed by atoms with Crippen molar-refractivity contribution in [3.63, 3.8) is 0 Å². The lowest BCUT2D eigenvalue weighted by molar-refractivity contribution is -0.143. The molecule has 0 spiro atoms. The molecule has 2 rings (SSSR count). The third-order valence-corrected chi connectivity index (χ3v) is 4.85. The number of hydrogen-bond donors (Lipinski definition) is 1. The topological polar surface area (TPSA) is 119 Å². The molecule has 1 N–H and O–H groups in total. The van der Waals surface area contributed by atoms with Gasteiger partial charge in [-0.3, -0.25) is 19.3 Å².